The molecule has 0 unspecified atom stereocenters. The molecule has 104 valence electrons. The van der Waals surface area contributed by atoms with Gasteiger partial charge in [0.1, 0.15) is 4.88 Å². The lowest BCUT2D eigenvalue weighted by Crippen LogP contribution is -2.06. The Morgan fingerprint density at radius 3 is 2.45 bits per heavy atom. The maximum absolute atomic E-state index is 12.0. The number of rotatable bonds is 4. The monoisotopic (exact) mass is 290 g/mol. The molecule has 2 rings (SSSR count). The summed E-state index contributed by atoms with van der Waals surface area (Å²) < 4.78 is 9.80. The summed E-state index contributed by atoms with van der Waals surface area (Å²) in [5.41, 5.74) is 1.74. The zero-order valence-electron chi connectivity index (χ0n) is 11.2. The number of carbonyl (C=O) groups excluding carboxylic acids is 2. The molecule has 0 aliphatic rings. The molecule has 5 heteroatoms. The van der Waals surface area contributed by atoms with Crippen LogP contribution in [0.15, 0.2) is 35.7 Å². The van der Waals surface area contributed by atoms with Crippen molar-refractivity contribution in [2.75, 3.05) is 13.7 Å². The van der Waals surface area contributed by atoms with Crippen LogP contribution in [-0.2, 0) is 9.47 Å². The molecule has 0 aliphatic heterocycles. The number of carbonyl (C=O) groups is 2. The van der Waals surface area contributed by atoms with E-state index in [4.69, 9.17) is 9.47 Å². The van der Waals surface area contributed by atoms with E-state index in [-0.39, 0.29) is 0 Å². The molecular weight excluding hydrogens is 276 g/mol. The molecular formula is C15H14O4S. The van der Waals surface area contributed by atoms with E-state index < -0.39 is 11.9 Å². The molecule has 0 aliphatic carbocycles. The molecule has 0 atom stereocenters. The fourth-order valence-electron chi connectivity index (χ4n) is 1.86. The van der Waals surface area contributed by atoms with Crippen LogP contribution in [0.5, 0.6) is 0 Å². The normalized spacial score (nSPS) is 10.1. The second-order valence-corrected chi connectivity index (χ2v) is 4.81. The minimum absolute atomic E-state index is 0.290. The zero-order valence-corrected chi connectivity index (χ0v) is 12.0. The predicted molar refractivity (Wildman–Crippen MR) is 77.1 cm³/mol. The summed E-state index contributed by atoms with van der Waals surface area (Å²) in [7, 11) is 1.32. The van der Waals surface area contributed by atoms with Crippen LogP contribution in [0.3, 0.4) is 0 Å². The van der Waals surface area contributed by atoms with Crippen LogP contribution in [0.1, 0.15) is 27.0 Å². The van der Waals surface area contributed by atoms with E-state index in [1.54, 1.807) is 12.3 Å². The van der Waals surface area contributed by atoms with E-state index in [1.807, 2.05) is 30.3 Å². The van der Waals surface area contributed by atoms with Crippen molar-refractivity contribution in [2.45, 2.75) is 6.92 Å². The molecule has 1 aromatic heterocycles. The smallest absolute Gasteiger partial charge is 0.348 e. The molecule has 0 N–H and O–H groups in total. The van der Waals surface area contributed by atoms with E-state index >= 15 is 0 Å². The fraction of sp³-hybridized carbons (Fsp3) is 0.200. The highest BCUT2D eigenvalue weighted by molar-refractivity contribution is 7.13. The van der Waals surface area contributed by atoms with Crippen molar-refractivity contribution >= 4 is 23.3 Å². The van der Waals surface area contributed by atoms with Gasteiger partial charge in [0.05, 0.1) is 19.3 Å². The first-order chi connectivity index (χ1) is 9.69. The number of thiophene rings is 1. The average Bonchev–Trinajstić information content (AvgIpc) is 2.92. The second-order valence-electron chi connectivity index (χ2n) is 3.93. The Balaban J connectivity index is 2.57. The summed E-state index contributed by atoms with van der Waals surface area (Å²) >= 11 is 1.19. The maximum atomic E-state index is 12.0. The number of hydrogen-bond donors (Lipinski definition) is 0. The molecule has 0 saturated carbocycles. The highest BCUT2D eigenvalue weighted by Crippen LogP contribution is 2.33. The van der Waals surface area contributed by atoms with Crippen molar-refractivity contribution in [3.8, 4) is 11.1 Å². The Morgan fingerprint density at radius 2 is 1.85 bits per heavy atom. The zero-order chi connectivity index (χ0) is 14.5. The summed E-state index contributed by atoms with van der Waals surface area (Å²) in [5, 5.41) is 1.63. The van der Waals surface area contributed by atoms with Crippen LogP contribution in [0.2, 0.25) is 0 Å². The minimum Gasteiger partial charge on any atom is -0.465 e. The number of hydrogen-bond acceptors (Lipinski definition) is 5. The largest absolute Gasteiger partial charge is 0.465 e. The third kappa shape index (κ3) is 2.72. The third-order valence-corrected chi connectivity index (χ3v) is 3.68. The average molecular weight is 290 g/mol. The van der Waals surface area contributed by atoms with Crippen LogP contribution in [-0.4, -0.2) is 25.7 Å². The predicted octanol–water partition coefficient (Wildman–Crippen LogP) is 3.38. The third-order valence-electron chi connectivity index (χ3n) is 2.72. The SMILES string of the molecule is CCOC(=O)c1scc(C(=O)OC)c1-c1ccccc1. The van der Waals surface area contributed by atoms with Gasteiger partial charge in [-0.05, 0) is 12.5 Å². The van der Waals surface area contributed by atoms with Crippen LogP contribution in [0.25, 0.3) is 11.1 Å². The summed E-state index contributed by atoms with van der Waals surface area (Å²) in [6.07, 6.45) is 0. The Morgan fingerprint density at radius 1 is 1.15 bits per heavy atom. The standard InChI is InChI=1S/C15H14O4S/c1-3-19-15(17)13-12(10-7-5-4-6-8-10)11(9-20-13)14(16)18-2/h4-9H,3H2,1-2H3. The molecule has 4 nitrogen and oxygen atoms in total. The van der Waals surface area contributed by atoms with Gasteiger partial charge in [0, 0.05) is 10.9 Å². The molecule has 0 saturated heterocycles. The first kappa shape index (κ1) is 14.3. The molecule has 1 aromatic carbocycles. The summed E-state index contributed by atoms with van der Waals surface area (Å²) in [6.45, 7) is 2.04. The summed E-state index contributed by atoms with van der Waals surface area (Å²) in [6, 6.07) is 9.26. The van der Waals surface area contributed by atoms with Crippen molar-refractivity contribution in [2.24, 2.45) is 0 Å². The van der Waals surface area contributed by atoms with Gasteiger partial charge in [-0.2, -0.15) is 0 Å². The van der Waals surface area contributed by atoms with Crippen molar-refractivity contribution in [1.82, 2.24) is 0 Å². The molecule has 2 aromatic rings. The van der Waals surface area contributed by atoms with Crippen LogP contribution in [0, 0.1) is 0 Å². The molecule has 0 amide bonds. The van der Waals surface area contributed by atoms with E-state index in [0.717, 1.165) is 5.56 Å². The lowest BCUT2D eigenvalue weighted by atomic mass is 10.0. The molecule has 0 radical (unpaired) electrons. The van der Waals surface area contributed by atoms with Crippen molar-refractivity contribution in [3.05, 3.63) is 46.2 Å². The molecule has 0 bridgehead atoms. The molecule has 20 heavy (non-hydrogen) atoms. The van der Waals surface area contributed by atoms with Gasteiger partial charge in [-0.25, -0.2) is 9.59 Å². The summed E-state index contributed by atoms with van der Waals surface area (Å²) in [4.78, 5) is 24.2. The second kappa shape index (κ2) is 6.34. The van der Waals surface area contributed by atoms with Crippen LogP contribution < -0.4 is 0 Å². The van der Waals surface area contributed by atoms with Gasteiger partial charge in [-0.3, -0.25) is 0 Å². The first-order valence-corrected chi connectivity index (χ1v) is 6.99. The fourth-order valence-corrected chi connectivity index (χ4v) is 2.81. The van der Waals surface area contributed by atoms with E-state index in [2.05, 4.69) is 0 Å². The molecule has 1 heterocycles. The Labute approximate surface area is 121 Å². The highest BCUT2D eigenvalue weighted by Gasteiger charge is 2.24. The number of methoxy groups -OCH3 is 1. The Hall–Kier alpha value is -2.14. The molecule has 0 spiro atoms. The van der Waals surface area contributed by atoms with E-state index in [1.165, 1.54) is 18.4 Å². The van der Waals surface area contributed by atoms with Crippen LogP contribution in [0.4, 0.5) is 0 Å². The van der Waals surface area contributed by atoms with E-state index in [9.17, 15) is 9.59 Å². The van der Waals surface area contributed by atoms with Gasteiger partial charge < -0.3 is 9.47 Å². The number of esters is 2. The Kier molecular flexibility index (Phi) is 4.53. The van der Waals surface area contributed by atoms with Gasteiger partial charge in [0.2, 0.25) is 0 Å². The summed E-state index contributed by atoms with van der Waals surface area (Å²) in [5.74, 6) is -0.887. The van der Waals surface area contributed by atoms with Gasteiger partial charge in [0.25, 0.3) is 0 Å². The number of benzene rings is 1. The quantitative estimate of drug-likeness (QED) is 0.810. The topological polar surface area (TPSA) is 52.6 Å². The number of ether oxygens (including phenoxy) is 2. The Bertz CT molecular complexity index is 616. The van der Waals surface area contributed by atoms with Crippen molar-refractivity contribution in [3.63, 3.8) is 0 Å². The maximum Gasteiger partial charge on any atom is 0.348 e. The van der Waals surface area contributed by atoms with Gasteiger partial charge in [0.15, 0.2) is 0 Å². The minimum atomic E-state index is -0.462. The highest BCUT2D eigenvalue weighted by atomic mass is 32.1. The lowest BCUT2D eigenvalue weighted by molar-refractivity contribution is 0.0533. The molecule has 0 fully saturated rings. The lowest BCUT2D eigenvalue weighted by Gasteiger charge is -2.06. The first-order valence-electron chi connectivity index (χ1n) is 6.11. The van der Waals surface area contributed by atoms with E-state index in [0.29, 0.717) is 22.6 Å². The van der Waals surface area contributed by atoms with Crippen molar-refractivity contribution < 1.29 is 19.1 Å². The van der Waals surface area contributed by atoms with Gasteiger partial charge in [-0.15, -0.1) is 11.3 Å². The van der Waals surface area contributed by atoms with Crippen molar-refractivity contribution in [1.29, 1.82) is 0 Å². The van der Waals surface area contributed by atoms with Gasteiger partial charge >= 0.3 is 11.9 Å². The van der Waals surface area contributed by atoms with Crippen LogP contribution >= 0.6 is 11.3 Å². The van der Waals surface area contributed by atoms with Gasteiger partial charge in [-0.1, -0.05) is 30.3 Å².